The monoisotopic (exact) mass is 841 g/mol. The maximum Gasteiger partial charge on any atom is 0.328 e. The zero-order chi connectivity index (χ0) is 42.5. The number of carbonyl (C=O) groups is 1. The van der Waals surface area contributed by atoms with Crippen LogP contribution in [0.4, 0.5) is 22.2 Å². The molecule has 0 bridgehead atoms. The fourth-order valence-electron chi connectivity index (χ4n) is 7.99. The van der Waals surface area contributed by atoms with E-state index < -0.39 is 46.0 Å². The summed E-state index contributed by atoms with van der Waals surface area (Å²) in [6, 6.07) is 16.4. The SMILES string of the molecule is Cc1[nH]c(=O)n([C@H]2C[C@@H](n3cnc4c(NCC(c5ccc(O)cc5)c5ccc(O)cc5)nc(N5CC[C@@H](NC(=O)Nc6cccc(S(N)(=O)=O)c6)C5)nc43)[C@H](O)[C@@H]2O)c1O. The van der Waals surface area contributed by atoms with E-state index in [9.17, 15) is 43.5 Å². The van der Waals surface area contributed by atoms with E-state index in [-0.39, 0.29) is 71.1 Å². The Balaban J connectivity index is 1.11. The molecule has 60 heavy (non-hydrogen) atoms. The van der Waals surface area contributed by atoms with Gasteiger partial charge in [-0.3, -0.25) is 4.57 Å². The Hall–Kier alpha value is -6.68. The van der Waals surface area contributed by atoms with Crippen LogP contribution in [0.25, 0.3) is 11.2 Å². The molecule has 20 nitrogen and oxygen atoms in total. The zero-order valence-electron chi connectivity index (χ0n) is 32.0. The van der Waals surface area contributed by atoms with E-state index in [1.54, 1.807) is 53.1 Å². The molecule has 314 valence electrons. The third-order valence-corrected chi connectivity index (χ3v) is 12.0. The topological polar surface area (TPSA) is 299 Å². The van der Waals surface area contributed by atoms with Gasteiger partial charge in [-0.25, -0.2) is 28.1 Å². The first kappa shape index (κ1) is 40.1. The molecular formula is C39H43N11O9S. The number of hydrogen-bond acceptors (Lipinski definition) is 14. The van der Waals surface area contributed by atoms with Crippen molar-refractivity contribution in [3.05, 3.63) is 106 Å². The number of nitrogens with two attached hydrogens (primary N) is 1. The minimum atomic E-state index is -3.98. The average Bonchev–Trinajstić information content (AvgIpc) is 3.98. The number of hydrogen-bond donors (Lipinski definition) is 10. The van der Waals surface area contributed by atoms with Gasteiger partial charge in [0, 0.05) is 37.3 Å². The van der Waals surface area contributed by atoms with Crippen molar-refractivity contribution in [2.24, 2.45) is 5.14 Å². The minimum absolute atomic E-state index is 0.0371. The Bertz CT molecular complexity index is 2680. The average molecular weight is 842 g/mol. The van der Waals surface area contributed by atoms with Gasteiger partial charge in [0.05, 0.1) is 29.0 Å². The number of carbonyl (C=O) groups excluding carboxylic acids is 1. The van der Waals surface area contributed by atoms with Crippen LogP contribution >= 0.6 is 0 Å². The van der Waals surface area contributed by atoms with Gasteiger partial charge >= 0.3 is 11.7 Å². The number of rotatable bonds is 11. The molecule has 2 aliphatic rings. The summed E-state index contributed by atoms with van der Waals surface area (Å²) in [5, 5.41) is 67.5. The van der Waals surface area contributed by atoms with Gasteiger partial charge < -0.3 is 55.9 Å². The summed E-state index contributed by atoms with van der Waals surface area (Å²) in [4.78, 5) is 44.5. The molecule has 1 saturated carbocycles. The number of aromatic amines is 1. The van der Waals surface area contributed by atoms with Gasteiger partial charge in [-0.05, 0) is 73.4 Å². The quantitative estimate of drug-likeness (QED) is 0.0892. The van der Waals surface area contributed by atoms with E-state index in [0.717, 1.165) is 15.7 Å². The number of phenolic OH excluding ortho intramolecular Hbond substituents is 2. The van der Waals surface area contributed by atoms with Gasteiger partial charge in [-0.1, -0.05) is 30.3 Å². The Labute approximate surface area is 342 Å². The maximum atomic E-state index is 13.0. The smallest absolute Gasteiger partial charge is 0.328 e. The summed E-state index contributed by atoms with van der Waals surface area (Å²) in [5.74, 6) is 0.161. The molecule has 3 aromatic carbocycles. The van der Waals surface area contributed by atoms with Crippen molar-refractivity contribution in [2.75, 3.05) is 35.2 Å². The normalized spacial score (nSPS) is 20.6. The highest BCUT2D eigenvalue weighted by molar-refractivity contribution is 7.89. The van der Waals surface area contributed by atoms with Crippen LogP contribution in [0.5, 0.6) is 17.4 Å². The number of nitrogens with zero attached hydrogens (tertiary/aromatic N) is 6. The predicted octanol–water partition coefficient (Wildman–Crippen LogP) is 1.94. The molecule has 6 aromatic rings. The molecule has 2 fully saturated rings. The number of H-pyrrole nitrogens is 1. The number of aliphatic hydroxyl groups excluding tert-OH is 2. The van der Waals surface area contributed by atoms with Crippen molar-refractivity contribution < 1.29 is 38.7 Å². The zero-order valence-corrected chi connectivity index (χ0v) is 32.9. The number of aliphatic hydroxyl groups is 2. The van der Waals surface area contributed by atoms with E-state index in [0.29, 0.717) is 29.9 Å². The van der Waals surface area contributed by atoms with Gasteiger partial charge in [0.15, 0.2) is 17.0 Å². The van der Waals surface area contributed by atoms with E-state index >= 15 is 0 Å². The molecule has 0 unspecified atom stereocenters. The van der Waals surface area contributed by atoms with Crippen molar-refractivity contribution in [3.8, 4) is 17.4 Å². The van der Waals surface area contributed by atoms with Gasteiger partial charge in [-0.2, -0.15) is 9.97 Å². The molecule has 0 radical (unpaired) electrons. The van der Waals surface area contributed by atoms with Crippen LogP contribution in [0, 0.1) is 6.92 Å². The summed E-state index contributed by atoms with van der Waals surface area (Å²) in [7, 11) is -3.98. The molecule has 1 aliphatic carbocycles. The summed E-state index contributed by atoms with van der Waals surface area (Å²) < 4.78 is 26.3. The Morgan fingerprint density at radius 3 is 2.27 bits per heavy atom. The highest BCUT2D eigenvalue weighted by Crippen LogP contribution is 2.41. The van der Waals surface area contributed by atoms with Crippen LogP contribution in [0.1, 0.15) is 47.7 Å². The first-order valence-corrected chi connectivity index (χ1v) is 20.6. The van der Waals surface area contributed by atoms with E-state index in [2.05, 4.69) is 25.9 Å². The van der Waals surface area contributed by atoms with Crippen molar-refractivity contribution >= 4 is 44.7 Å². The van der Waals surface area contributed by atoms with Crippen LogP contribution in [-0.2, 0) is 10.0 Å². The lowest BCUT2D eigenvalue weighted by atomic mass is 9.91. The standard InChI is InChI=1S/C39H43N11O9S/c1-20-36(55)50(39(57)43-20)30-16-29(32(53)33(30)54)49-19-42-31-34(41-17-28(21-5-9-25(51)10-6-21)22-7-11-26(52)12-8-22)46-37(47-35(31)49)48-14-13-24(18-48)45-38(56)44-23-3-2-4-27(15-23)60(40,58)59/h2-12,15,19,24,28-30,32-33,51-55H,13-14,16-18H2,1H3,(H,43,57)(H2,40,58,59)(H,41,46,47)(H2,44,45,56)/t24-,29-,30+,32+,33-/m1/s1. The number of phenols is 2. The summed E-state index contributed by atoms with van der Waals surface area (Å²) in [6.07, 6.45) is -0.804. The number of imidazole rings is 2. The van der Waals surface area contributed by atoms with E-state index in [1.165, 1.54) is 37.5 Å². The molecule has 4 heterocycles. The third-order valence-electron chi connectivity index (χ3n) is 11.1. The molecule has 1 aliphatic heterocycles. The number of sulfonamides is 1. The number of anilines is 3. The fraction of sp³-hybridized carbons (Fsp3) is 0.308. The number of aryl methyl sites for hydroxylation is 1. The molecule has 11 N–H and O–H groups in total. The molecule has 5 atom stereocenters. The molecule has 1 saturated heterocycles. The number of aromatic nitrogens is 6. The Morgan fingerprint density at radius 2 is 1.63 bits per heavy atom. The number of aromatic hydroxyl groups is 3. The van der Waals surface area contributed by atoms with Crippen LogP contribution in [0.3, 0.4) is 0 Å². The van der Waals surface area contributed by atoms with Gasteiger partial charge in [0.1, 0.15) is 23.7 Å². The third kappa shape index (κ3) is 7.89. The first-order chi connectivity index (χ1) is 28.6. The number of nitrogens with one attached hydrogen (secondary N) is 4. The van der Waals surface area contributed by atoms with Gasteiger partial charge in [0.25, 0.3) is 0 Å². The van der Waals surface area contributed by atoms with Crippen LogP contribution in [-0.4, -0.2) is 107 Å². The van der Waals surface area contributed by atoms with Crippen molar-refractivity contribution in [2.45, 2.75) is 60.9 Å². The number of amides is 2. The summed E-state index contributed by atoms with van der Waals surface area (Å²) in [6.45, 7) is 2.51. The van der Waals surface area contributed by atoms with E-state index in [1.807, 2.05) is 4.90 Å². The molecule has 2 amide bonds. The van der Waals surface area contributed by atoms with Crippen molar-refractivity contribution in [1.29, 1.82) is 0 Å². The second-order valence-corrected chi connectivity index (χ2v) is 16.6. The van der Waals surface area contributed by atoms with Crippen LogP contribution < -0.4 is 31.7 Å². The Kier molecular flexibility index (Phi) is 10.6. The highest BCUT2D eigenvalue weighted by atomic mass is 32.2. The first-order valence-electron chi connectivity index (χ1n) is 19.0. The minimum Gasteiger partial charge on any atom is -0.508 e. The highest BCUT2D eigenvalue weighted by Gasteiger charge is 2.46. The summed E-state index contributed by atoms with van der Waals surface area (Å²) in [5.41, 5.74) is 2.18. The molecule has 0 spiro atoms. The lowest BCUT2D eigenvalue weighted by Crippen LogP contribution is -2.40. The molecule has 8 rings (SSSR count). The number of urea groups is 1. The lowest BCUT2D eigenvalue weighted by molar-refractivity contribution is 0.00761. The predicted molar refractivity (Wildman–Crippen MR) is 219 cm³/mol. The summed E-state index contributed by atoms with van der Waals surface area (Å²) >= 11 is 0. The second-order valence-electron chi connectivity index (χ2n) is 15.0. The van der Waals surface area contributed by atoms with Gasteiger partial charge in [-0.15, -0.1) is 0 Å². The molecular weight excluding hydrogens is 799 g/mol. The number of benzene rings is 3. The van der Waals surface area contributed by atoms with E-state index in [4.69, 9.17) is 15.1 Å². The van der Waals surface area contributed by atoms with Crippen molar-refractivity contribution in [3.63, 3.8) is 0 Å². The van der Waals surface area contributed by atoms with Gasteiger partial charge in [0.2, 0.25) is 21.9 Å². The molecule has 21 heteroatoms. The second kappa shape index (κ2) is 15.8. The Morgan fingerprint density at radius 1 is 0.967 bits per heavy atom. The number of fused-ring (bicyclic) bond motifs is 1. The van der Waals surface area contributed by atoms with Crippen LogP contribution in [0.2, 0.25) is 0 Å². The van der Waals surface area contributed by atoms with Crippen LogP contribution in [0.15, 0.2) is 88.8 Å². The largest absolute Gasteiger partial charge is 0.508 e. The van der Waals surface area contributed by atoms with Crippen molar-refractivity contribution in [1.82, 2.24) is 34.4 Å². The lowest BCUT2D eigenvalue weighted by Gasteiger charge is -2.22. The fourth-order valence-corrected chi connectivity index (χ4v) is 8.55. The number of primary sulfonamides is 1. The maximum absolute atomic E-state index is 13.0. The molecule has 3 aromatic heterocycles.